The molecule has 1 aliphatic carbocycles. The van der Waals surface area contributed by atoms with Gasteiger partial charge >= 0.3 is 12.1 Å². The largest absolute Gasteiger partial charge is 0.513 e. The van der Waals surface area contributed by atoms with E-state index in [4.69, 9.17) is 5.11 Å². The van der Waals surface area contributed by atoms with E-state index in [2.05, 4.69) is 4.74 Å². The molecular weight excluding hydrogens is 410 g/mol. The van der Waals surface area contributed by atoms with Gasteiger partial charge in [-0.3, -0.25) is 9.59 Å². The van der Waals surface area contributed by atoms with Crippen molar-refractivity contribution in [2.24, 2.45) is 5.92 Å². The average Bonchev–Trinajstić information content (AvgIpc) is 3.11. The lowest BCUT2D eigenvalue weighted by Crippen LogP contribution is -2.38. The number of hydrogen-bond donors (Lipinski definition) is 1. The number of ketones is 1. The SMILES string of the molecule is CC1=C2CC(C(=O)OC(=O)O)CC2=C(C)C(=O)CN(S(=O)(=O)c2ccc(C)cc2)C1. The Balaban J connectivity index is 1.97. The number of Topliss-reactive ketones (excluding diaryl/α,β-unsaturated/α-hetero) is 1. The fourth-order valence-electron chi connectivity index (χ4n) is 3.85. The summed E-state index contributed by atoms with van der Waals surface area (Å²) in [6.07, 6.45) is -1.27. The van der Waals surface area contributed by atoms with Crippen molar-refractivity contribution >= 4 is 27.9 Å². The summed E-state index contributed by atoms with van der Waals surface area (Å²) in [6.45, 7) is 4.93. The normalized spacial score (nSPS) is 20.6. The Labute approximate surface area is 174 Å². The molecule has 9 heteroatoms. The second-order valence-corrected chi connectivity index (χ2v) is 9.60. The Morgan fingerprint density at radius 3 is 2.23 bits per heavy atom. The van der Waals surface area contributed by atoms with Crippen LogP contribution in [-0.4, -0.2) is 48.8 Å². The number of carbonyl (C=O) groups is 3. The topological polar surface area (TPSA) is 118 Å². The number of rotatable bonds is 3. The standard InChI is InChI=1S/C21H23NO7S/c1-12-4-6-16(7-5-12)30(27,28)22-10-13(2)17-8-15(20(24)29-21(25)26)9-18(17)14(3)19(23)11-22/h4-7,15H,8-11H2,1-3H3,(H,25,26). The molecule has 2 aliphatic rings. The van der Waals surface area contributed by atoms with E-state index in [1.165, 1.54) is 12.1 Å². The minimum atomic E-state index is -3.90. The van der Waals surface area contributed by atoms with Crippen LogP contribution in [0.5, 0.6) is 0 Å². The second kappa shape index (κ2) is 8.16. The maximum absolute atomic E-state index is 13.1. The number of sulfonamides is 1. The zero-order valence-electron chi connectivity index (χ0n) is 17.0. The van der Waals surface area contributed by atoms with Crippen molar-refractivity contribution in [3.8, 4) is 0 Å². The fourth-order valence-corrected chi connectivity index (χ4v) is 5.28. The van der Waals surface area contributed by atoms with E-state index in [0.717, 1.165) is 21.0 Å². The van der Waals surface area contributed by atoms with E-state index >= 15 is 0 Å². The minimum absolute atomic E-state index is 0.00869. The van der Waals surface area contributed by atoms with Gasteiger partial charge in [-0.15, -0.1) is 0 Å². The highest BCUT2D eigenvalue weighted by atomic mass is 32.2. The number of hydrogen-bond acceptors (Lipinski definition) is 6. The summed E-state index contributed by atoms with van der Waals surface area (Å²) in [4.78, 5) is 35.7. The predicted octanol–water partition coefficient (Wildman–Crippen LogP) is 2.83. The third-order valence-corrected chi connectivity index (χ3v) is 7.37. The second-order valence-electron chi connectivity index (χ2n) is 7.66. The molecule has 8 nitrogen and oxygen atoms in total. The van der Waals surface area contributed by atoms with Gasteiger partial charge in [-0.2, -0.15) is 4.31 Å². The first-order valence-corrected chi connectivity index (χ1v) is 10.9. The highest BCUT2D eigenvalue weighted by Gasteiger charge is 2.38. The molecule has 30 heavy (non-hydrogen) atoms. The summed E-state index contributed by atoms with van der Waals surface area (Å²) < 4.78 is 31.7. The van der Waals surface area contributed by atoms with Crippen LogP contribution in [0.25, 0.3) is 0 Å². The predicted molar refractivity (Wildman–Crippen MR) is 107 cm³/mol. The van der Waals surface area contributed by atoms with Crippen LogP contribution in [0.4, 0.5) is 4.79 Å². The van der Waals surface area contributed by atoms with Crippen molar-refractivity contribution in [2.45, 2.75) is 38.5 Å². The molecule has 0 radical (unpaired) electrons. The van der Waals surface area contributed by atoms with Crippen molar-refractivity contribution in [1.82, 2.24) is 4.31 Å². The number of nitrogens with zero attached hydrogens (tertiary/aromatic N) is 1. The van der Waals surface area contributed by atoms with E-state index in [1.807, 2.05) is 6.92 Å². The van der Waals surface area contributed by atoms with Gasteiger partial charge in [0.05, 0.1) is 17.4 Å². The molecule has 1 fully saturated rings. The lowest BCUT2D eigenvalue weighted by Gasteiger charge is -2.26. The number of esters is 1. The van der Waals surface area contributed by atoms with Gasteiger partial charge in [0.1, 0.15) is 0 Å². The summed E-state index contributed by atoms with van der Waals surface area (Å²) in [5, 5.41) is 8.69. The fraction of sp³-hybridized carbons (Fsp3) is 0.381. The summed E-state index contributed by atoms with van der Waals surface area (Å²) >= 11 is 0. The molecule has 1 saturated carbocycles. The monoisotopic (exact) mass is 433 g/mol. The molecule has 0 saturated heterocycles. The van der Waals surface area contributed by atoms with Gasteiger partial charge < -0.3 is 9.84 Å². The van der Waals surface area contributed by atoms with E-state index < -0.39 is 28.1 Å². The smallest absolute Gasteiger partial charge is 0.449 e. The number of aryl methyl sites for hydroxylation is 1. The summed E-state index contributed by atoms with van der Waals surface area (Å²) in [5.74, 6) is -1.94. The Morgan fingerprint density at radius 1 is 1.03 bits per heavy atom. The molecule has 0 amide bonds. The van der Waals surface area contributed by atoms with E-state index in [0.29, 0.717) is 11.1 Å². The third-order valence-electron chi connectivity index (χ3n) is 5.56. The number of carbonyl (C=O) groups excluding carboxylic acids is 2. The van der Waals surface area contributed by atoms with Crippen LogP contribution in [0, 0.1) is 12.8 Å². The Morgan fingerprint density at radius 2 is 1.63 bits per heavy atom. The molecule has 1 aromatic rings. The van der Waals surface area contributed by atoms with Crippen LogP contribution >= 0.6 is 0 Å². The van der Waals surface area contributed by atoms with Crippen molar-refractivity contribution in [3.63, 3.8) is 0 Å². The Bertz CT molecular complexity index is 1080. The average molecular weight is 433 g/mol. The number of ether oxygens (including phenoxy) is 1. The Kier molecular flexibility index (Phi) is 5.96. The third kappa shape index (κ3) is 4.22. The number of allylic oxidation sites excluding steroid dienone is 2. The molecule has 3 rings (SSSR count). The molecule has 0 bridgehead atoms. The maximum Gasteiger partial charge on any atom is 0.513 e. The van der Waals surface area contributed by atoms with Crippen LogP contribution < -0.4 is 0 Å². The lowest BCUT2D eigenvalue weighted by atomic mass is 9.95. The van der Waals surface area contributed by atoms with Crippen molar-refractivity contribution < 1.29 is 32.6 Å². The van der Waals surface area contributed by atoms with E-state index in [-0.39, 0.29) is 36.6 Å². The van der Waals surface area contributed by atoms with Gasteiger partial charge in [-0.1, -0.05) is 23.3 Å². The molecule has 1 unspecified atom stereocenters. The van der Waals surface area contributed by atoms with Gasteiger partial charge in [0.25, 0.3) is 0 Å². The summed E-state index contributed by atoms with van der Waals surface area (Å²) in [6, 6.07) is 6.42. The van der Waals surface area contributed by atoms with Crippen LogP contribution in [0.2, 0.25) is 0 Å². The van der Waals surface area contributed by atoms with Gasteiger partial charge in [-0.05, 0) is 62.5 Å². The van der Waals surface area contributed by atoms with Gasteiger partial charge in [0, 0.05) is 6.54 Å². The quantitative estimate of drug-likeness (QED) is 0.575. The molecule has 1 aromatic carbocycles. The van der Waals surface area contributed by atoms with Crippen molar-refractivity contribution in [1.29, 1.82) is 0 Å². The van der Waals surface area contributed by atoms with Gasteiger partial charge in [0.15, 0.2) is 5.78 Å². The first kappa shape index (κ1) is 21.9. The lowest BCUT2D eigenvalue weighted by molar-refractivity contribution is -0.143. The molecule has 0 aromatic heterocycles. The number of carboxylic acid groups (broad SMARTS) is 1. The Hall–Kier alpha value is -2.78. The summed E-state index contributed by atoms with van der Waals surface area (Å²) in [7, 11) is -3.90. The van der Waals surface area contributed by atoms with Gasteiger partial charge in [-0.25, -0.2) is 13.2 Å². The van der Waals surface area contributed by atoms with E-state index in [1.54, 1.807) is 26.0 Å². The zero-order chi connectivity index (χ0) is 22.2. The zero-order valence-corrected chi connectivity index (χ0v) is 17.8. The molecule has 1 heterocycles. The van der Waals surface area contributed by atoms with Crippen LogP contribution in [0.15, 0.2) is 51.5 Å². The number of benzene rings is 1. The van der Waals surface area contributed by atoms with Crippen LogP contribution in [0.3, 0.4) is 0 Å². The molecule has 1 N–H and O–H groups in total. The van der Waals surface area contributed by atoms with Crippen molar-refractivity contribution in [3.05, 3.63) is 52.1 Å². The van der Waals surface area contributed by atoms with E-state index in [9.17, 15) is 22.8 Å². The first-order valence-electron chi connectivity index (χ1n) is 9.44. The van der Waals surface area contributed by atoms with Crippen molar-refractivity contribution in [2.75, 3.05) is 13.1 Å². The molecular formula is C21H23NO7S. The molecule has 1 atom stereocenters. The minimum Gasteiger partial charge on any atom is -0.449 e. The molecule has 160 valence electrons. The van der Waals surface area contributed by atoms with Gasteiger partial charge in [0.2, 0.25) is 10.0 Å². The maximum atomic E-state index is 13.1. The first-order chi connectivity index (χ1) is 14.0. The summed E-state index contributed by atoms with van der Waals surface area (Å²) in [5.41, 5.74) is 3.43. The molecule has 0 spiro atoms. The van der Waals surface area contributed by atoms with Crippen LogP contribution in [0.1, 0.15) is 32.3 Å². The highest BCUT2D eigenvalue weighted by Crippen LogP contribution is 2.41. The highest BCUT2D eigenvalue weighted by molar-refractivity contribution is 7.89. The molecule has 1 aliphatic heterocycles. The van der Waals surface area contributed by atoms with Crippen LogP contribution in [-0.2, 0) is 24.3 Å². The number of fused-ring (bicyclic) bond motifs is 1.